The first-order chi connectivity index (χ1) is 9.15. The van der Waals surface area contributed by atoms with E-state index < -0.39 is 0 Å². The highest BCUT2D eigenvalue weighted by Crippen LogP contribution is 2.25. The van der Waals surface area contributed by atoms with Gasteiger partial charge in [0.2, 0.25) is 5.91 Å². The van der Waals surface area contributed by atoms with E-state index >= 15 is 0 Å². The summed E-state index contributed by atoms with van der Waals surface area (Å²) in [7, 11) is 0. The highest BCUT2D eigenvalue weighted by atomic mass is 79.9. The quantitative estimate of drug-likeness (QED) is 0.894. The Morgan fingerprint density at radius 2 is 1.95 bits per heavy atom. The topological polar surface area (TPSA) is 55.1 Å². The Morgan fingerprint density at radius 3 is 2.63 bits per heavy atom. The molecule has 4 heteroatoms. The van der Waals surface area contributed by atoms with Gasteiger partial charge in [-0.1, -0.05) is 40.9 Å². The summed E-state index contributed by atoms with van der Waals surface area (Å²) in [6.45, 7) is 0.591. The van der Waals surface area contributed by atoms with Crippen LogP contribution in [0.25, 0.3) is 0 Å². The van der Waals surface area contributed by atoms with E-state index in [-0.39, 0.29) is 11.9 Å². The van der Waals surface area contributed by atoms with Gasteiger partial charge in [-0.3, -0.25) is 4.79 Å². The van der Waals surface area contributed by atoms with Crippen molar-refractivity contribution in [1.82, 2.24) is 5.32 Å². The van der Waals surface area contributed by atoms with Gasteiger partial charge in [-0.2, -0.15) is 0 Å². The van der Waals surface area contributed by atoms with E-state index in [0.29, 0.717) is 18.9 Å². The van der Waals surface area contributed by atoms with Gasteiger partial charge in [-0.15, -0.1) is 0 Å². The van der Waals surface area contributed by atoms with Gasteiger partial charge in [0.15, 0.2) is 0 Å². The summed E-state index contributed by atoms with van der Waals surface area (Å²) < 4.78 is 1.05. The number of nitrogens with two attached hydrogens (primary N) is 1. The highest BCUT2D eigenvalue weighted by Gasteiger charge is 2.23. The second-order valence-corrected chi connectivity index (χ2v) is 6.23. The molecule has 0 aliphatic heterocycles. The van der Waals surface area contributed by atoms with Crippen molar-refractivity contribution in [2.45, 2.75) is 44.7 Å². The van der Waals surface area contributed by atoms with Crippen molar-refractivity contribution in [2.75, 3.05) is 0 Å². The minimum Gasteiger partial charge on any atom is -0.352 e. The molecule has 0 aromatic heterocycles. The molecule has 0 bridgehead atoms. The zero-order valence-electron chi connectivity index (χ0n) is 11.1. The molecule has 2 rings (SSSR count). The van der Waals surface area contributed by atoms with Crippen molar-refractivity contribution in [3.63, 3.8) is 0 Å². The summed E-state index contributed by atoms with van der Waals surface area (Å²) in [6, 6.07) is 8.19. The lowest BCUT2D eigenvalue weighted by Crippen LogP contribution is -2.36. The smallest absolute Gasteiger partial charge is 0.220 e. The summed E-state index contributed by atoms with van der Waals surface area (Å²) in [5, 5.41) is 2.98. The lowest BCUT2D eigenvalue weighted by atomic mass is 9.83. The van der Waals surface area contributed by atoms with Crippen molar-refractivity contribution < 1.29 is 4.79 Å². The fraction of sp³-hybridized carbons (Fsp3) is 0.533. The van der Waals surface area contributed by atoms with Gasteiger partial charge in [0.1, 0.15) is 0 Å². The Kier molecular flexibility index (Phi) is 5.40. The Morgan fingerprint density at radius 1 is 1.26 bits per heavy atom. The second-order valence-electron chi connectivity index (χ2n) is 5.32. The fourth-order valence-electron chi connectivity index (χ4n) is 2.60. The summed E-state index contributed by atoms with van der Waals surface area (Å²) in [6.07, 6.45) is 5.13. The van der Waals surface area contributed by atoms with E-state index in [0.717, 1.165) is 22.9 Å². The van der Waals surface area contributed by atoms with E-state index in [1.807, 2.05) is 24.3 Å². The van der Waals surface area contributed by atoms with Crippen LogP contribution in [-0.2, 0) is 11.3 Å². The van der Waals surface area contributed by atoms with Crippen LogP contribution in [0, 0.1) is 5.92 Å². The molecule has 0 heterocycles. The molecule has 1 amide bonds. The third-order valence-electron chi connectivity index (χ3n) is 3.82. The molecule has 0 spiro atoms. The van der Waals surface area contributed by atoms with Crippen molar-refractivity contribution >= 4 is 21.8 Å². The van der Waals surface area contributed by atoms with Crippen LogP contribution >= 0.6 is 15.9 Å². The number of halogens is 1. The molecule has 0 radical (unpaired) electrons. The van der Waals surface area contributed by atoms with Crippen LogP contribution in [0.3, 0.4) is 0 Å². The van der Waals surface area contributed by atoms with Crippen LogP contribution in [0.1, 0.15) is 37.7 Å². The SMILES string of the molecule is NC1CCCCC1CC(=O)NCc1ccc(Br)cc1. The largest absolute Gasteiger partial charge is 0.352 e. The molecule has 2 atom stereocenters. The van der Waals surface area contributed by atoms with E-state index in [2.05, 4.69) is 21.2 Å². The fourth-order valence-corrected chi connectivity index (χ4v) is 2.87. The third-order valence-corrected chi connectivity index (χ3v) is 4.35. The third kappa shape index (κ3) is 4.62. The minimum absolute atomic E-state index is 0.116. The number of hydrogen-bond acceptors (Lipinski definition) is 2. The maximum absolute atomic E-state index is 11.9. The average molecular weight is 325 g/mol. The van der Waals surface area contributed by atoms with Gasteiger partial charge in [0.25, 0.3) is 0 Å². The van der Waals surface area contributed by atoms with Crippen LogP contribution in [0.2, 0.25) is 0 Å². The predicted molar refractivity (Wildman–Crippen MR) is 80.5 cm³/mol. The predicted octanol–water partition coefficient (Wildman–Crippen LogP) is 2.97. The number of nitrogens with one attached hydrogen (secondary N) is 1. The van der Waals surface area contributed by atoms with Gasteiger partial charge >= 0.3 is 0 Å². The molecule has 1 fully saturated rings. The summed E-state index contributed by atoms with van der Waals surface area (Å²) in [5.41, 5.74) is 7.18. The zero-order valence-corrected chi connectivity index (χ0v) is 12.7. The maximum Gasteiger partial charge on any atom is 0.220 e. The number of benzene rings is 1. The number of carbonyl (C=O) groups is 1. The van der Waals surface area contributed by atoms with E-state index in [4.69, 9.17) is 5.73 Å². The Balaban J connectivity index is 1.76. The van der Waals surface area contributed by atoms with Gasteiger partial charge in [0.05, 0.1) is 0 Å². The monoisotopic (exact) mass is 324 g/mol. The molecule has 0 saturated heterocycles. The molecule has 1 aliphatic carbocycles. The Bertz CT molecular complexity index is 419. The molecule has 1 aromatic carbocycles. The summed E-state index contributed by atoms with van der Waals surface area (Å²) >= 11 is 3.40. The highest BCUT2D eigenvalue weighted by molar-refractivity contribution is 9.10. The zero-order chi connectivity index (χ0) is 13.7. The lowest BCUT2D eigenvalue weighted by molar-refractivity contribution is -0.122. The first-order valence-electron chi connectivity index (χ1n) is 6.92. The molecule has 3 nitrogen and oxygen atoms in total. The van der Waals surface area contributed by atoms with Crippen molar-refractivity contribution in [1.29, 1.82) is 0 Å². The summed E-state index contributed by atoms with van der Waals surface area (Å²) in [4.78, 5) is 11.9. The van der Waals surface area contributed by atoms with Crippen LogP contribution in [0.4, 0.5) is 0 Å². The number of amides is 1. The first kappa shape index (κ1) is 14.5. The van der Waals surface area contributed by atoms with Crippen molar-refractivity contribution in [2.24, 2.45) is 11.7 Å². The second kappa shape index (κ2) is 7.06. The molecule has 2 unspecified atom stereocenters. The Hall–Kier alpha value is -0.870. The maximum atomic E-state index is 11.9. The van der Waals surface area contributed by atoms with Gasteiger partial charge in [-0.25, -0.2) is 0 Å². The normalized spacial score (nSPS) is 23.1. The van der Waals surface area contributed by atoms with Gasteiger partial charge in [-0.05, 0) is 36.5 Å². The number of carbonyl (C=O) groups excluding carboxylic acids is 1. The molecular formula is C15H21BrN2O. The molecule has 19 heavy (non-hydrogen) atoms. The van der Waals surface area contributed by atoms with Crippen LogP contribution in [0.5, 0.6) is 0 Å². The molecule has 104 valence electrons. The number of hydrogen-bond donors (Lipinski definition) is 2. The molecule has 1 aliphatic rings. The van der Waals surface area contributed by atoms with Gasteiger partial charge in [0, 0.05) is 23.5 Å². The first-order valence-corrected chi connectivity index (χ1v) is 7.71. The Labute approximate surface area is 123 Å². The molecule has 3 N–H and O–H groups in total. The van der Waals surface area contributed by atoms with Crippen molar-refractivity contribution in [3.05, 3.63) is 34.3 Å². The molecule has 1 aromatic rings. The molecular weight excluding hydrogens is 304 g/mol. The van der Waals surface area contributed by atoms with E-state index in [9.17, 15) is 4.79 Å². The van der Waals surface area contributed by atoms with E-state index in [1.165, 1.54) is 12.8 Å². The lowest BCUT2D eigenvalue weighted by Gasteiger charge is -2.27. The number of rotatable bonds is 4. The van der Waals surface area contributed by atoms with Crippen LogP contribution in [0.15, 0.2) is 28.7 Å². The average Bonchev–Trinajstić information content (AvgIpc) is 2.41. The minimum atomic E-state index is 0.116. The van der Waals surface area contributed by atoms with Crippen LogP contribution in [-0.4, -0.2) is 11.9 Å². The molecule has 1 saturated carbocycles. The van der Waals surface area contributed by atoms with E-state index in [1.54, 1.807) is 0 Å². The standard InChI is InChI=1S/C15H21BrN2O/c16-13-7-5-11(6-8-13)10-18-15(19)9-12-3-1-2-4-14(12)17/h5-8,12,14H,1-4,9-10,17H2,(H,18,19). The summed E-state index contributed by atoms with van der Waals surface area (Å²) in [5.74, 6) is 0.476. The van der Waals surface area contributed by atoms with Crippen LogP contribution < -0.4 is 11.1 Å². The van der Waals surface area contributed by atoms with Gasteiger partial charge < -0.3 is 11.1 Å². The van der Waals surface area contributed by atoms with Crippen molar-refractivity contribution in [3.8, 4) is 0 Å².